The Morgan fingerprint density at radius 3 is 2.80 bits per heavy atom. The highest BCUT2D eigenvalue weighted by molar-refractivity contribution is 7.86. The molecule has 1 aliphatic heterocycles. The van der Waals surface area contributed by atoms with E-state index in [0.717, 1.165) is 0 Å². The van der Waals surface area contributed by atoms with E-state index in [1.165, 1.54) is 25.3 Å². The smallest absolute Gasteiger partial charge is 0.293 e. The maximum Gasteiger partial charge on any atom is 0.293 e. The molecule has 2 N–H and O–H groups in total. The maximum atomic E-state index is 11.4. The summed E-state index contributed by atoms with van der Waals surface area (Å²) in [6, 6.07) is 2.77. The summed E-state index contributed by atoms with van der Waals surface area (Å²) < 4.78 is 31.4. The zero-order chi connectivity index (χ0) is 11.3. The van der Waals surface area contributed by atoms with Crippen molar-refractivity contribution in [3.63, 3.8) is 0 Å². The summed E-state index contributed by atoms with van der Waals surface area (Å²) in [5, 5.41) is 2.21. The Bertz CT molecular complexity index is 539. The average molecular weight is 228 g/mol. The van der Waals surface area contributed by atoms with Crippen molar-refractivity contribution in [1.82, 2.24) is 10.3 Å². The SMILES string of the molecule is CC1(S(=O)(=O)O)NC(=O)c2cc1ccn2. The van der Waals surface area contributed by atoms with Gasteiger partial charge in [0.05, 0.1) is 0 Å². The topological polar surface area (TPSA) is 96.4 Å². The van der Waals surface area contributed by atoms with Crippen molar-refractivity contribution in [3.8, 4) is 0 Å². The van der Waals surface area contributed by atoms with Gasteiger partial charge in [0.2, 0.25) is 0 Å². The quantitative estimate of drug-likeness (QED) is 0.653. The summed E-state index contributed by atoms with van der Waals surface area (Å²) in [4.78, 5) is 13.3. The van der Waals surface area contributed by atoms with E-state index in [2.05, 4.69) is 10.3 Å². The van der Waals surface area contributed by atoms with Gasteiger partial charge in [0.15, 0.2) is 4.87 Å². The van der Waals surface area contributed by atoms with Gasteiger partial charge < -0.3 is 5.32 Å². The third-order valence-electron chi connectivity index (χ3n) is 2.41. The number of hydrogen-bond donors (Lipinski definition) is 2. The summed E-state index contributed by atoms with van der Waals surface area (Å²) in [6.45, 7) is 1.22. The van der Waals surface area contributed by atoms with Gasteiger partial charge in [-0.2, -0.15) is 8.42 Å². The van der Waals surface area contributed by atoms with Crippen LogP contribution in [0.3, 0.4) is 0 Å². The summed E-state index contributed by atoms with van der Waals surface area (Å²) >= 11 is 0. The number of carbonyl (C=O) groups is 1. The van der Waals surface area contributed by atoms with Crippen LogP contribution in [0.5, 0.6) is 0 Å². The number of carbonyl (C=O) groups excluding carboxylic acids is 1. The second-order valence-corrected chi connectivity index (χ2v) is 5.16. The summed E-state index contributed by atoms with van der Waals surface area (Å²) in [5.41, 5.74) is 0.420. The van der Waals surface area contributed by atoms with Crippen LogP contribution in [0.2, 0.25) is 0 Å². The molecule has 1 unspecified atom stereocenters. The monoisotopic (exact) mass is 228 g/mol. The van der Waals surface area contributed by atoms with Gasteiger partial charge in [0, 0.05) is 6.20 Å². The Balaban J connectivity index is 2.72. The molecule has 1 amide bonds. The van der Waals surface area contributed by atoms with E-state index in [9.17, 15) is 13.2 Å². The molecule has 2 rings (SSSR count). The van der Waals surface area contributed by atoms with Gasteiger partial charge in [0.25, 0.3) is 16.0 Å². The number of pyridine rings is 1. The lowest BCUT2D eigenvalue weighted by Gasteiger charge is -2.31. The third-order valence-corrected chi connectivity index (χ3v) is 3.78. The Morgan fingerprint density at radius 1 is 1.53 bits per heavy atom. The van der Waals surface area contributed by atoms with Gasteiger partial charge in [0.1, 0.15) is 5.69 Å². The van der Waals surface area contributed by atoms with Crippen LogP contribution in [0.15, 0.2) is 18.3 Å². The van der Waals surface area contributed by atoms with E-state index in [1.807, 2.05) is 0 Å². The number of nitrogens with zero attached hydrogens (tertiary/aromatic N) is 1. The molecular formula is C8H8N2O4S. The first kappa shape index (κ1) is 10.1. The Labute approximate surface area is 86.1 Å². The number of hydrogen-bond acceptors (Lipinski definition) is 4. The predicted octanol–water partition coefficient (Wildman–Crippen LogP) is -0.115. The van der Waals surface area contributed by atoms with E-state index in [-0.39, 0.29) is 11.3 Å². The Morgan fingerprint density at radius 2 is 2.20 bits per heavy atom. The lowest BCUT2D eigenvalue weighted by atomic mass is 10.0. The highest BCUT2D eigenvalue weighted by Crippen LogP contribution is 2.29. The highest BCUT2D eigenvalue weighted by Gasteiger charge is 2.44. The van der Waals surface area contributed by atoms with Crippen LogP contribution in [0.25, 0.3) is 0 Å². The van der Waals surface area contributed by atoms with Gasteiger partial charge in [-0.05, 0) is 24.6 Å². The minimum atomic E-state index is -4.42. The average Bonchev–Trinajstić information content (AvgIpc) is 2.14. The van der Waals surface area contributed by atoms with E-state index in [1.54, 1.807) is 0 Å². The molecule has 0 fully saturated rings. The highest BCUT2D eigenvalue weighted by atomic mass is 32.2. The first-order chi connectivity index (χ1) is 6.84. The lowest BCUT2D eigenvalue weighted by Crippen LogP contribution is -2.51. The van der Waals surface area contributed by atoms with Crippen LogP contribution in [0.1, 0.15) is 23.0 Å². The number of rotatable bonds is 1. The molecule has 2 bridgehead atoms. The van der Waals surface area contributed by atoms with Crippen LogP contribution in [-0.4, -0.2) is 23.9 Å². The second kappa shape index (κ2) is 2.77. The van der Waals surface area contributed by atoms with Gasteiger partial charge in [-0.25, -0.2) is 0 Å². The zero-order valence-corrected chi connectivity index (χ0v) is 8.58. The molecule has 6 nitrogen and oxygen atoms in total. The summed E-state index contributed by atoms with van der Waals surface area (Å²) in [5.74, 6) is -0.622. The third kappa shape index (κ3) is 1.31. The molecule has 0 radical (unpaired) electrons. The first-order valence-electron chi connectivity index (χ1n) is 4.11. The molecule has 0 saturated carbocycles. The normalized spacial score (nSPS) is 24.8. The van der Waals surface area contributed by atoms with Crippen molar-refractivity contribution in [3.05, 3.63) is 29.6 Å². The molecule has 1 atom stereocenters. The van der Waals surface area contributed by atoms with Gasteiger partial charge >= 0.3 is 0 Å². The fourth-order valence-corrected chi connectivity index (χ4v) is 2.06. The molecule has 0 aliphatic carbocycles. The molecule has 0 saturated heterocycles. The number of fused-ring (bicyclic) bond motifs is 2. The largest absolute Gasteiger partial charge is 0.326 e. The molecule has 1 aromatic rings. The van der Waals surface area contributed by atoms with Crippen LogP contribution < -0.4 is 5.32 Å². The van der Waals surface area contributed by atoms with Crippen molar-refractivity contribution >= 4 is 16.0 Å². The molecule has 15 heavy (non-hydrogen) atoms. The van der Waals surface area contributed by atoms with Crippen LogP contribution >= 0.6 is 0 Å². The fraction of sp³-hybridized carbons (Fsp3) is 0.250. The number of nitrogens with one attached hydrogen (secondary N) is 1. The predicted molar refractivity (Wildman–Crippen MR) is 50.6 cm³/mol. The van der Waals surface area contributed by atoms with Gasteiger partial charge in [-0.15, -0.1) is 0 Å². The van der Waals surface area contributed by atoms with E-state index >= 15 is 0 Å². The Kier molecular flexibility index (Phi) is 1.86. The summed E-state index contributed by atoms with van der Waals surface area (Å²) in [7, 11) is -4.42. The van der Waals surface area contributed by atoms with Crippen molar-refractivity contribution < 1.29 is 17.8 Å². The molecule has 7 heteroatoms. The standard InChI is InChI=1S/C8H8N2O4S/c1-8(15(12,13)14)5-2-3-9-6(4-5)7(11)10-8/h2-4H,1H3,(H,10,11)(H,12,13,14). The minimum absolute atomic E-state index is 0.133. The number of amides is 1. The molecule has 0 spiro atoms. The fourth-order valence-electron chi connectivity index (χ4n) is 1.42. The van der Waals surface area contributed by atoms with E-state index in [4.69, 9.17) is 4.55 Å². The molecule has 2 heterocycles. The van der Waals surface area contributed by atoms with E-state index < -0.39 is 20.9 Å². The molecule has 0 aromatic carbocycles. The van der Waals surface area contributed by atoms with Crippen molar-refractivity contribution in [2.45, 2.75) is 11.8 Å². The van der Waals surface area contributed by atoms with Crippen molar-refractivity contribution in [1.29, 1.82) is 0 Å². The molecular weight excluding hydrogens is 220 g/mol. The minimum Gasteiger partial charge on any atom is -0.326 e. The molecule has 80 valence electrons. The van der Waals surface area contributed by atoms with Crippen LogP contribution in [-0.2, 0) is 15.0 Å². The zero-order valence-electron chi connectivity index (χ0n) is 7.76. The maximum absolute atomic E-state index is 11.4. The number of aromatic nitrogens is 1. The molecule has 1 aromatic heterocycles. The van der Waals surface area contributed by atoms with Crippen molar-refractivity contribution in [2.24, 2.45) is 0 Å². The van der Waals surface area contributed by atoms with Gasteiger partial charge in [-0.3, -0.25) is 14.3 Å². The van der Waals surface area contributed by atoms with Crippen LogP contribution in [0, 0.1) is 0 Å². The van der Waals surface area contributed by atoms with Crippen LogP contribution in [0.4, 0.5) is 0 Å². The van der Waals surface area contributed by atoms with Gasteiger partial charge in [-0.1, -0.05) is 0 Å². The Hall–Kier alpha value is -1.47. The summed E-state index contributed by atoms with van der Waals surface area (Å²) in [6.07, 6.45) is 1.33. The lowest BCUT2D eigenvalue weighted by molar-refractivity contribution is 0.0913. The van der Waals surface area contributed by atoms with E-state index in [0.29, 0.717) is 0 Å². The van der Waals surface area contributed by atoms with Crippen molar-refractivity contribution in [2.75, 3.05) is 0 Å². The first-order valence-corrected chi connectivity index (χ1v) is 5.55. The molecule has 1 aliphatic rings. The second-order valence-electron chi connectivity index (χ2n) is 3.39.